The van der Waals surface area contributed by atoms with Gasteiger partial charge >= 0.3 is 0 Å². The SMILES string of the molecule is CC(=O)CCC(c1ccc[nH]1)N(C)C. The number of ketones is 1. The molecule has 0 aliphatic rings. The number of H-pyrrole nitrogens is 1. The lowest BCUT2D eigenvalue weighted by molar-refractivity contribution is -0.117. The summed E-state index contributed by atoms with van der Waals surface area (Å²) in [5.41, 5.74) is 1.18. The molecule has 0 aliphatic carbocycles. The normalized spacial score (nSPS) is 13.1. The van der Waals surface area contributed by atoms with Gasteiger partial charge in [0.1, 0.15) is 5.78 Å². The number of carbonyl (C=O) groups is 1. The molecule has 0 spiro atoms. The monoisotopic (exact) mass is 194 g/mol. The summed E-state index contributed by atoms with van der Waals surface area (Å²) in [5.74, 6) is 0.253. The first-order valence-electron chi connectivity index (χ1n) is 4.90. The minimum atomic E-state index is 0.253. The van der Waals surface area contributed by atoms with E-state index in [9.17, 15) is 4.79 Å². The zero-order chi connectivity index (χ0) is 10.6. The summed E-state index contributed by atoms with van der Waals surface area (Å²) < 4.78 is 0. The van der Waals surface area contributed by atoms with E-state index in [1.807, 2.05) is 26.4 Å². The van der Waals surface area contributed by atoms with E-state index in [0.29, 0.717) is 12.5 Å². The minimum absolute atomic E-state index is 0.253. The molecule has 14 heavy (non-hydrogen) atoms. The third kappa shape index (κ3) is 3.00. The average molecular weight is 194 g/mol. The van der Waals surface area contributed by atoms with Crippen LogP contribution in [-0.4, -0.2) is 29.8 Å². The highest BCUT2D eigenvalue weighted by Gasteiger charge is 2.14. The van der Waals surface area contributed by atoms with Gasteiger partial charge in [0.05, 0.1) is 0 Å². The summed E-state index contributed by atoms with van der Waals surface area (Å²) in [4.78, 5) is 16.2. The van der Waals surface area contributed by atoms with Crippen LogP contribution in [0.25, 0.3) is 0 Å². The molecule has 0 fully saturated rings. The predicted molar refractivity (Wildman–Crippen MR) is 57.1 cm³/mol. The topological polar surface area (TPSA) is 36.1 Å². The molecular weight excluding hydrogens is 176 g/mol. The van der Waals surface area contributed by atoms with Crippen molar-refractivity contribution in [2.45, 2.75) is 25.8 Å². The second kappa shape index (κ2) is 4.96. The van der Waals surface area contributed by atoms with E-state index in [1.54, 1.807) is 6.92 Å². The van der Waals surface area contributed by atoms with Gasteiger partial charge < -0.3 is 14.7 Å². The Bertz CT molecular complexity index is 277. The molecule has 0 saturated carbocycles. The molecule has 78 valence electrons. The van der Waals surface area contributed by atoms with E-state index in [0.717, 1.165) is 6.42 Å². The van der Waals surface area contributed by atoms with E-state index < -0.39 is 0 Å². The van der Waals surface area contributed by atoms with Gasteiger partial charge in [0, 0.05) is 24.4 Å². The van der Waals surface area contributed by atoms with Crippen LogP contribution in [-0.2, 0) is 4.79 Å². The first-order chi connectivity index (χ1) is 6.61. The molecule has 3 nitrogen and oxygen atoms in total. The molecule has 0 aliphatic heterocycles. The summed E-state index contributed by atoms with van der Waals surface area (Å²) in [6.45, 7) is 1.64. The third-order valence-electron chi connectivity index (χ3n) is 2.37. The number of nitrogens with zero attached hydrogens (tertiary/aromatic N) is 1. The average Bonchev–Trinajstić information content (AvgIpc) is 2.56. The number of hydrogen-bond donors (Lipinski definition) is 1. The van der Waals surface area contributed by atoms with Gasteiger partial charge in [0.15, 0.2) is 0 Å². The van der Waals surface area contributed by atoms with E-state index in [4.69, 9.17) is 0 Å². The summed E-state index contributed by atoms with van der Waals surface area (Å²) in [7, 11) is 4.07. The molecule has 1 aromatic heterocycles. The Kier molecular flexibility index (Phi) is 3.89. The zero-order valence-corrected chi connectivity index (χ0v) is 9.08. The van der Waals surface area contributed by atoms with Crippen LogP contribution in [0.5, 0.6) is 0 Å². The second-order valence-corrected chi connectivity index (χ2v) is 3.85. The van der Waals surface area contributed by atoms with Crippen LogP contribution in [0.2, 0.25) is 0 Å². The van der Waals surface area contributed by atoms with Crippen LogP contribution < -0.4 is 0 Å². The standard InChI is InChI=1S/C11H18N2O/c1-9(14)6-7-11(13(2)3)10-5-4-8-12-10/h4-5,8,11-12H,6-7H2,1-3H3. The zero-order valence-electron chi connectivity index (χ0n) is 9.08. The molecule has 1 aromatic rings. The van der Waals surface area contributed by atoms with Crippen LogP contribution in [0.1, 0.15) is 31.5 Å². The quantitative estimate of drug-likeness (QED) is 0.778. The van der Waals surface area contributed by atoms with Gasteiger partial charge in [-0.15, -0.1) is 0 Å². The van der Waals surface area contributed by atoms with Gasteiger partial charge in [-0.1, -0.05) is 0 Å². The van der Waals surface area contributed by atoms with Crippen molar-refractivity contribution in [3.05, 3.63) is 24.0 Å². The number of aromatic nitrogens is 1. The van der Waals surface area contributed by atoms with Gasteiger partial charge in [0.25, 0.3) is 0 Å². The Morgan fingerprint density at radius 3 is 2.71 bits per heavy atom. The van der Waals surface area contributed by atoms with Crippen LogP contribution in [0.3, 0.4) is 0 Å². The highest BCUT2D eigenvalue weighted by Crippen LogP contribution is 2.21. The molecule has 1 heterocycles. The second-order valence-electron chi connectivity index (χ2n) is 3.85. The van der Waals surface area contributed by atoms with Gasteiger partial charge in [0.2, 0.25) is 0 Å². The number of hydrogen-bond acceptors (Lipinski definition) is 2. The fourth-order valence-electron chi connectivity index (χ4n) is 1.58. The lowest BCUT2D eigenvalue weighted by Crippen LogP contribution is -2.20. The van der Waals surface area contributed by atoms with E-state index in [-0.39, 0.29) is 5.78 Å². The Hall–Kier alpha value is -1.09. The van der Waals surface area contributed by atoms with Crippen molar-refractivity contribution in [2.75, 3.05) is 14.1 Å². The molecule has 1 N–H and O–H groups in total. The maximum absolute atomic E-state index is 10.9. The lowest BCUT2D eigenvalue weighted by atomic mass is 10.1. The molecule has 1 unspecified atom stereocenters. The number of aromatic amines is 1. The Balaban J connectivity index is 2.61. The first kappa shape index (κ1) is 11.0. The number of nitrogens with one attached hydrogen (secondary N) is 1. The molecular formula is C11H18N2O. The van der Waals surface area contributed by atoms with Gasteiger partial charge in [-0.05, 0) is 39.6 Å². The summed E-state index contributed by atoms with van der Waals surface area (Å²) in [6, 6.07) is 4.36. The Morgan fingerprint density at radius 1 is 1.57 bits per heavy atom. The van der Waals surface area contributed by atoms with Crippen LogP contribution in [0.15, 0.2) is 18.3 Å². The summed E-state index contributed by atoms with van der Waals surface area (Å²) >= 11 is 0. The first-order valence-corrected chi connectivity index (χ1v) is 4.90. The molecule has 0 radical (unpaired) electrons. The molecule has 3 heteroatoms. The van der Waals surface area contributed by atoms with Crippen molar-refractivity contribution in [3.8, 4) is 0 Å². The number of Topliss-reactive ketones (excluding diaryl/α,β-unsaturated/α-hetero) is 1. The Morgan fingerprint density at radius 2 is 2.29 bits per heavy atom. The van der Waals surface area contributed by atoms with Crippen molar-refractivity contribution >= 4 is 5.78 Å². The fourth-order valence-corrected chi connectivity index (χ4v) is 1.58. The van der Waals surface area contributed by atoms with E-state index in [1.165, 1.54) is 5.69 Å². The highest BCUT2D eigenvalue weighted by molar-refractivity contribution is 5.75. The van der Waals surface area contributed by atoms with Crippen molar-refractivity contribution < 1.29 is 4.79 Å². The van der Waals surface area contributed by atoms with Crippen LogP contribution >= 0.6 is 0 Å². The van der Waals surface area contributed by atoms with Gasteiger partial charge in [-0.2, -0.15) is 0 Å². The smallest absolute Gasteiger partial charge is 0.129 e. The summed E-state index contributed by atoms with van der Waals surface area (Å²) in [5, 5.41) is 0. The van der Waals surface area contributed by atoms with Crippen molar-refractivity contribution in [1.29, 1.82) is 0 Å². The summed E-state index contributed by atoms with van der Waals surface area (Å²) in [6.07, 6.45) is 3.43. The van der Waals surface area contributed by atoms with E-state index >= 15 is 0 Å². The maximum atomic E-state index is 10.9. The molecule has 0 bridgehead atoms. The number of carbonyl (C=O) groups excluding carboxylic acids is 1. The van der Waals surface area contributed by atoms with Crippen LogP contribution in [0, 0.1) is 0 Å². The minimum Gasteiger partial charge on any atom is -0.364 e. The maximum Gasteiger partial charge on any atom is 0.129 e. The lowest BCUT2D eigenvalue weighted by Gasteiger charge is -2.22. The highest BCUT2D eigenvalue weighted by atomic mass is 16.1. The van der Waals surface area contributed by atoms with Gasteiger partial charge in [-0.3, -0.25) is 0 Å². The largest absolute Gasteiger partial charge is 0.364 e. The van der Waals surface area contributed by atoms with Crippen molar-refractivity contribution in [2.24, 2.45) is 0 Å². The molecule has 0 saturated heterocycles. The van der Waals surface area contributed by atoms with Crippen molar-refractivity contribution in [1.82, 2.24) is 9.88 Å². The molecule has 1 atom stereocenters. The molecule has 1 rings (SSSR count). The molecule has 0 aromatic carbocycles. The fraction of sp³-hybridized carbons (Fsp3) is 0.545. The third-order valence-corrected chi connectivity index (χ3v) is 2.37. The van der Waals surface area contributed by atoms with E-state index in [2.05, 4.69) is 16.0 Å². The molecule has 0 amide bonds. The Labute approximate surface area is 85.1 Å². The van der Waals surface area contributed by atoms with Crippen molar-refractivity contribution in [3.63, 3.8) is 0 Å². The number of rotatable bonds is 5. The van der Waals surface area contributed by atoms with Crippen LogP contribution in [0.4, 0.5) is 0 Å². The van der Waals surface area contributed by atoms with Gasteiger partial charge in [-0.25, -0.2) is 0 Å². The predicted octanol–water partition coefficient (Wildman–Crippen LogP) is 1.99.